The van der Waals surface area contributed by atoms with Gasteiger partial charge in [0.1, 0.15) is 5.56 Å². The van der Waals surface area contributed by atoms with Crippen molar-refractivity contribution in [3.8, 4) is 5.69 Å². The molecule has 0 aliphatic carbocycles. The fraction of sp³-hybridized carbons (Fsp3) is 0.0385. The Balaban J connectivity index is 1.41. The molecular weight excluding hydrogens is 416 g/mol. The van der Waals surface area contributed by atoms with Crippen molar-refractivity contribution >= 4 is 34.8 Å². The molecule has 5 rings (SSSR count). The van der Waals surface area contributed by atoms with Crippen molar-refractivity contribution in [1.82, 2.24) is 9.55 Å². The van der Waals surface area contributed by atoms with Gasteiger partial charge in [-0.2, -0.15) is 0 Å². The topological polar surface area (TPSA) is 96.0 Å². The molecule has 0 spiro atoms. The maximum absolute atomic E-state index is 12.9. The Kier molecular flexibility index (Phi) is 4.99. The van der Waals surface area contributed by atoms with E-state index >= 15 is 0 Å². The molecule has 3 N–H and O–H groups in total. The highest BCUT2D eigenvalue weighted by molar-refractivity contribution is 6.35. The lowest BCUT2D eigenvalue weighted by atomic mass is 10.1. The fourth-order valence-corrected chi connectivity index (χ4v) is 3.78. The Morgan fingerprint density at radius 3 is 2.58 bits per heavy atom. The number of benzene rings is 2. The van der Waals surface area contributed by atoms with Crippen LogP contribution in [0.5, 0.6) is 0 Å². The molecule has 1 aliphatic rings. The monoisotopic (exact) mass is 436 g/mol. The highest BCUT2D eigenvalue weighted by Gasteiger charge is 2.25. The Labute approximate surface area is 189 Å². The summed E-state index contributed by atoms with van der Waals surface area (Å²) in [5.41, 5.74) is 4.55. The predicted octanol–water partition coefficient (Wildman–Crippen LogP) is 4.22. The number of aromatic nitrogens is 2. The zero-order valence-corrected chi connectivity index (χ0v) is 17.8. The number of pyridine rings is 1. The van der Waals surface area contributed by atoms with Crippen LogP contribution in [-0.2, 0) is 4.79 Å². The molecule has 0 fully saturated rings. The number of fused-ring (bicyclic) bond motifs is 1. The number of aromatic amines is 1. The van der Waals surface area contributed by atoms with Gasteiger partial charge in [0.25, 0.3) is 17.4 Å². The van der Waals surface area contributed by atoms with Crippen molar-refractivity contribution in [1.29, 1.82) is 0 Å². The van der Waals surface area contributed by atoms with Crippen molar-refractivity contribution in [3.05, 3.63) is 112 Å². The first-order valence-electron chi connectivity index (χ1n) is 10.4. The van der Waals surface area contributed by atoms with Crippen molar-refractivity contribution in [2.75, 3.05) is 10.6 Å². The van der Waals surface area contributed by atoms with Crippen LogP contribution in [-0.4, -0.2) is 21.4 Å². The van der Waals surface area contributed by atoms with Gasteiger partial charge in [0.05, 0.1) is 11.3 Å². The lowest BCUT2D eigenvalue weighted by molar-refractivity contribution is -0.110. The summed E-state index contributed by atoms with van der Waals surface area (Å²) in [6.45, 7) is 1.97. The first-order chi connectivity index (χ1) is 16.0. The molecule has 0 saturated heterocycles. The molecular formula is C26H20N4O3. The van der Waals surface area contributed by atoms with Crippen LogP contribution in [0.2, 0.25) is 0 Å². The summed E-state index contributed by atoms with van der Waals surface area (Å²) < 4.78 is 1.44. The van der Waals surface area contributed by atoms with E-state index < -0.39 is 11.5 Å². The number of hydrogen-bond acceptors (Lipinski definition) is 3. The molecule has 0 bridgehead atoms. The highest BCUT2D eigenvalue weighted by atomic mass is 16.2. The van der Waals surface area contributed by atoms with E-state index in [4.69, 9.17) is 0 Å². The van der Waals surface area contributed by atoms with Gasteiger partial charge < -0.3 is 15.6 Å². The van der Waals surface area contributed by atoms with Gasteiger partial charge in [-0.15, -0.1) is 0 Å². The first kappa shape index (κ1) is 20.3. The molecule has 1 aliphatic heterocycles. The van der Waals surface area contributed by atoms with Crippen LogP contribution in [0.1, 0.15) is 27.2 Å². The third kappa shape index (κ3) is 3.87. The zero-order chi connectivity index (χ0) is 22.9. The standard InChI is InChI=1S/C26H20N4O3/c1-16-6-9-19(10-7-16)30-13-3-5-21(26(30)33)24(31)28-18-8-11-20-22(14-17-4-2-12-27-17)25(32)29-23(20)15-18/h2-15,27H,1H3,(H,28,31)(H,29,32). The van der Waals surface area contributed by atoms with Gasteiger partial charge in [-0.1, -0.05) is 23.8 Å². The zero-order valence-electron chi connectivity index (χ0n) is 17.8. The Hall–Kier alpha value is -4.65. The Morgan fingerprint density at radius 1 is 1.00 bits per heavy atom. The van der Waals surface area contributed by atoms with Crippen molar-refractivity contribution in [2.24, 2.45) is 0 Å². The Bertz CT molecular complexity index is 1460. The summed E-state index contributed by atoms with van der Waals surface area (Å²) in [4.78, 5) is 41.3. The van der Waals surface area contributed by atoms with E-state index in [2.05, 4.69) is 15.6 Å². The van der Waals surface area contributed by atoms with Crippen molar-refractivity contribution in [2.45, 2.75) is 6.92 Å². The maximum Gasteiger partial charge on any atom is 0.267 e. The van der Waals surface area contributed by atoms with E-state index in [0.29, 0.717) is 22.6 Å². The summed E-state index contributed by atoms with van der Waals surface area (Å²) in [6.07, 6.45) is 5.19. The number of nitrogens with zero attached hydrogens (tertiary/aromatic N) is 1. The van der Waals surface area contributed by atoms with Crippen LogP contribution in [0.25, 0.3) is 17.3 Å². The molecule has 2 aromatic carbocycles. The minimum absolute atomic E-state index is 0.0231. The Morgan fingerprint density at radius 2 is 1.82 bits per heavy atom. The summed E-state index contributed by atoms with van der Waals surface area (Å²) in [5, 5.41) is 5.58. The highest BCUT2D eigenvalue weighted by Crippen LogP contribution is 2.35. The van der Waals surface area contributed by atoms with Gasteiger partial charge >= 0.3 is 0 Å². The molecule has 0 radical (unpaired) electrons. The van der Waals surface area contributed by atoms with Crippen LogP contribution >= 0.6 is 0 Å². The fourth-order valence-electron chi connectivity index (χ4n) is 3.78. The lowest BCUT2D eigenvalue weighted by Crippen LogP contribution is -2.27. The van der Waals surface area contributed by atoms with Crippen LogP contribution in [0, 0.1) is 6.92 Å². The number of H-pyrrole nitrogens is 1. The normalized spacial score (nSPS) is 13.6. The number of hydrogen-bond donors (Lipinski definition) is 3. The van der Waals surface area contributed by atoms with Gasteiger partial charge in [0, 0.05) is 35.0 Å². The second-order valence-corrected chi connectivity index (χ2v) is 7.78. The van der Waals surface area contributed by atoms with Crippen LogP contribution in [0.3, 0.4) is 0 Å². The second kappa shape index (κ2) is 8.12. The van der Waals surface area contributed by atoms with E-state index in [9.17, 15) is 14.4 Å². The molecule has 33 heavy (non-hydrogen) atoms. The van der Waals surface area contributed by atoms with Gasteiger partial charge in [-0.05, 0) is 61.5 Å². The predicted molar refractivity (Wildman–Crippen MR) is 128 cm³/mol. The minimum atomic E-state index is -0.520. The van der Waals surface area contributed by atoms with E-state index in [0.717, 1.165) is 16.8 Å². The number of rotatable bonds is 4. The molecule has 4 aromatic rings. The minimum Gasteiger partial charge on any atom is -0.362 e. The van der Waals surface area contributed by atoms with Crippen LogP contribution in [0.4, 0.5) is 11.4 Å². The van der Waals surface area contributed by atoms with E-state index in [-0.39, 0.29) is 11.5 Å². The number of carbonyl (C=O) groups is 2. The molecule has 2 aromatic heterocycles. The summed E-state index contributed by atoms with van der Waals surface area (Å²) in [6, 6.07) is 19.5. The van der Waals surface area contributed by atoms with E-state index in [1.54, 1.807) is 42.7 Å². The van der Waals surface area contributed by atoms with Gasteiger partial charge in [-0.25, -0.2) is 0 Å². The average molecular weight is 436 g/mol. The molecule has 0 saturated carbocycles. The SMILES string of the molecule is Cc1ccc(-n2cccc(C(=O)Nc3ccc4c(c3)NC(=O)C4=Cc3ccc[nH]3)c2=O)cc1. The molecule has 7 heteroatoms. The molecule has 2 amide bonds. The maximum atomic E-state index is 12.9. The van der Waals surface area contributed by atoms with Crippen LogP contribution in [0.15, 0.2) is 83.9 Å². The molecule has 0 unspecified atom stereocenters. The smallest absolute Gasteiger partial charge is 0.267 e. The third-order valence-corrected chi connectivity index (χ3v) is 5.49. The molecule has 162 valence electrons. The van der Waals surface area contributed by atoms with Gasteiger partial charge in [0.15, 0.2) is 0 Å². The largest absolute Gasteiger partial charge is 0.362 e. The number of nitrogens with one attached hydrogen (secondary N) is 3. The lowest BCUT2D eigenvalue weighted by Gasteiger charge is -2.10. The van der Waals surface area contributed by atoms with E-state index in [1.165, 1.54) is 10.6 Å². The van der Waals surface area contributed by atoms with Crippen LogP contribution < -0.4 is 16.2 Å². The third-order valence-electron chi connectivity index (χ3n) is 5.49. The summed E-state index contributed by atoms with van der Waals surface area (Å²) in [7, 11) is 0. The van der Waals surface area contributed by atoms with Gasteiger partial charge in [0.2, 0.25) is 0 Å². The summed E-state index contributed by atoms with van der Waals surface area (Å²) in [5.74, 6) is -0.736. The molecule has 0 atom stereocenters. The molecule has 7 nitrogen and oxygen atoms in total. The number of amides is 2. The quantitative estimate of drug-likeness (QED) is 0.418. The van der Waals surface area contributed by atoms with Gasteiger partial charge in [-0.3, -0.25) is 19.0 Å². The number of carbonyl (C=O) groups excluding carboxylic acids is 2. The number of aryl methyl sites for hydroxylation is 1. The first-order valence-corrected chi connectivity index (χ1v) is 10.4. The molecule has 3 heterocycles. The van der Waals surface area contributed by atoms with E-state index in [1.807, 2.05) is 43.3 Å². The summed E-state index contributed by atoms with van der Waals surface area (Å²) >= 11 is 0. The van der Waals surface area contributed by atoms with Crippen molar-refractivity contribution in [3.63, 3.8) is 0 Å². The number of anilines is 2. The average Bonchev–Trinajstić information content (AvgIpc) is 3.42. The van der Waals surface area contributed by atoms with Crippen molar-refractivity contribution < 1.29 is 9.59 Å². The second-order valence-electron chi connectivity index (χ2n) is 7.78.